The van der Waals surface area contributed by atoms with Crippen LogP contribution in [0.5, 0.6) is 0 Å². The predicted molar refractivity (Wildman–Crippen MR) is 156 cm³/mol. The predicted octanol–water partition coefficient (Wildman–Crippen LogP) is 6.94. The highest BCUT2D eigenvalue weighted by molar-refractivity contribution is 6.06. The lowest BCUT2D eigenvalue weighted by molar-refractivity contribution is 0.0218. The maximum atomic E-state index is 12.8. The van der Waals surface area contributed by atoms with Crippen LogP contribution in [0.3, 0.4) is 0 Å². The van der Waals surface area contributed by atoms with E-state index in [9.17, 15) is 4.79 Å². The third-order valence-corrected chi connectivity index (χ3v) is 7.23. The van der Waals surface area contributed by atoms with E-state index in [1.165, 1.54) is 0 Å². The molecule has 0 radical (unpaired) electrons. The Kier molecular flexibility index (Phi) is 6.83. The van der Waals surface area contributed by atoms with Crippen LogP contribution >= 0.6 is 0 Å². The molecule has 1 aliphatic heterocycles. The molecule has 9 heteroatoms. The van der Waals surface area contributed by atoms with Crippen molar-refractivity contribution < 1.29 is 13.9 Å². The number of rotatable bonds is 7. The van der Waals surface area contributed by atoms with Gasteiger partial charge in [0.2, 0.25) is 0 Å². The van der Waals surface area contributed by atoms with Gasteiger partial charge in [-0.3, -0.25) is 4.90 Å². The Balaban J connectivity index is 1.24. The second kappa shape index (κ2) is 10.5. The first kappa shape index (κ1) is 26.1. The first-order valence-corrected chi connectivity index (χ1v) is 14.1. The number of fused-ring (bicyclic) bond motifs is 3. The Morgan fingerprint density at radius 3 is 2.40 bits per heavy atom. The number of carbonyl (C=O) groups excluding carboxylic acids is 1. The molecule has 1 amide bonds. The lowest BCUT2D eigenvalue weighted by Crippen LogP contribution is -2.36. The molecule has 0 saturated carbocycles. The van der Waals surface area contributed by atoms with Crippen LogP contribution in [0.4, 0.5) is 4.79 Å². The highest BCUT2D eigenvalue weighted by Gasteiger charge is 2.34. The second-order valence-electron chi connectivity index (χ2n) is 11.5. The third kappa shape index (κ3) is 5.21. The van der Waals surface area contributed by atoms with Gasteiger partial charge >= 0.3 is 6.09 Å². The number of hydrogen-bond acceptors (Lipinski definition) is 6. The largest absolute Gasteiger partial charge is 0.456 e. The number of imidazole rings is 2. The fraction of sp³-hybridized carbons (Fsp3) is 0.387. The summed E-state index contributed by atoms with van der Waals surface area (Å²) in [7, 11) is 0. The van der Waals surface area contributed by atoms with E-state index in [2.05, 4.69) is 62.5 Å². The van der Waals surface area contributed by atoms with Gasteiger partial charge in [0.05, 0.1) is 36.4 Å². The van der Waals surface area contributed by atoms with E-state index < -0.39 is 5.60 Å². The number of nitrogens with one attached hydrogen (secondary N) is 3. The summed E-state index contributed by atoms with van der Waals surface area (Å²) in [6.07, 6.45) is 6.26. The van der Waals surface area contributed by atoms with Crippen LogP contribution in [-0.2, 0) is 11.3 Å². The van der Waals surface area contributed by atoms with Gasteiger partial charge in [0, 0.05) is 28.4 Å². The van der Waals surface area contributed by atoms with Crippen molar-refractivity contribution in [3.63, 3.8) is 0 Å². The van der Waals surface area contributed by atoms with Crippen LogP contribution in [0, 0.1) is 0 Å². The zero-order valence-corrected chi connectivity index (χ0v) is 23.5. The molecule has 1 atom stereocenters. The van der Waals surface area contributed by atoms with Gasteiger partial charge in [0.15, 0.2) is 0 Å². The van der Waals surface area contributed by atoms with Gasteiger partial charge in [-0.2, -0.15) is 0 Å². The molecule has 1 fully saturated rings. The number of benzene rings is 2. The van der Waals surface area contributed by atoms with Crippen molar-refractivity contribution in [1.29, 1.82) is 0 Å². The van der Waals surface area contributed by atoms with Gasteiger partial charge in [-0.15, -0.1) is 0 Å². The molecule has 2 aromatic carbocycles. The Morgan fingerprint density at radius 2 is 1.73 bits per heavy atom. The van der Waals surface area contributed by atoms with Gasteiger partial charge in [-0.05, 0) is 70.8 Å². The smallest absolute Gasteiger partial charge is 0.410 e. The highest BCUT2D eigenvalue weighted by Crippen LogP contribution is 2.36. The van der Waals surface area contributed by atoms with Crippen molar-refractivity contribution in [3.8, 4) is 22.5 Å². The standard InChI is InChI=1S/C31H36N6O3/c1-5-12-32-18-28-33-16-23(35-28)19-8-10-21-22-11-9-20(15-27(22)39-26(21)14-19)24-17-34-29(36-24)25-7-6-13-37(25)30(38)40-31(2,3)4/h8-11,14-17,25,32H,5-7,12-13,18H2,1-4H3,(H,33,35)(H,34,36)/t25-/m0/s1. The molecule has 3 N–H and O–H groups in total. The molecule has 0 bridgehead atoms. The number of H-pyrrole nitrogens is 2. The van der Waals surface area contributed by atoms with E-state index in [0.717, 1.165) is 88.5 Å². The van der Waals surface area contributed by atoms with Crippen LogP contribution in [0.15, 0.2) is 53.2 Å². The number of likely N-dealkylation sites (tertiary alicyclic amines) is 1. The van der Waals surface area contributed by atoms with Crippen LogP contribution in [0.1, 0.15) is 64.6 Å². The van der Waals surface area contributed by atoms with E-state index >= 15 is 0 Å². The van der Waals surface area contributed by atoms with E-state index in [0.29, 0.717) is 6.54 Å². The second-order valence-corrected chi connectivity index (χ2v) is 11.5. The summed E-state index contributed by atoms with van der Waals surface area (Å²) in [6, 6.07) is 12.3. The molecule has 208 valence electrons. The molecular formula is C31H36N6O3. The molecule has 1 aliphatic rings. The molecule has 40 heavy (non-hydrogen) atoms. The zero-order chi connectivity index (χ0) is 27.9. The van der Waals surface area contributed by atoms with Crippen molar-refractivity contribution in [2.45, 2.75) is 65.1 Å². The molecule has 6 rings (SSSR count). The molecule has 5 aromatic rings. The number of carbonyl (C=O) groups is 1. The van der Waals surface area contributed by atoms with Gasteiger partial charge < -0.3 is 24.4 Å². The summed E-state index contributed by atoms with van der Waals surface area (Å²) >= 11 is 0. The number of hydrogen-bond donors (Lipinski definition) is 3. The van der Waals surface area contributed by atoms with Gasteiger partial charge in [0.1, 0.15) is 28.4 Å². The SMILES string of the molecule is CCCNCc1ncc(-c2ccc3c(c2)oc2cc(-c4cnc([C@@H]5CCCN5C(=O)OC(C)(C)C)[nH]4)ccc23)[nH]1. The van der Waals surface area contributed by atoms with Crippen LogP contribution in [0.25, 0.3) is 44.5 Å². The van der Waals surface area contributed by atoms with Crippen molar-refractivity contribution in [2.75, 3.05) is 13.1 Å². The van der Waals surface area contributed by atoms with Crippen molar-refractivity contribution >= 4 is 28.0 Å². The Labute approximate surface area is 233 Å². The van der Waals surface area contributed by atoms with Crippen molar-refractivity contribution in [3.05, 3.63) is 60.4 Å². The van der Waals surface area contributed by atoms with E-state index in [1.807, 2.05) is 39.2 Å². The molecule has 0 aliphatic carbocycles. The molecule has 4 heterocycles. The number of aromatic amines is 2. The Bertz CT molecular complexity index is 1660. The monoisotopic (exact) mass is 540 g/mol. The molecule has 0 spiro atoms. The number of aromatic nitrogens is 4. The summed E-state index contributed by atoms with van der Waals surface area (Å²) < 4.78 is 11.9. The average molecular weight is 541 g/mol. The zero-order valence-electron chi connectivity index (χ0n) is 23.5. The fourth-order valence-electron chi connectivity index (χ4n) is 5.34. The van der Waals surface area contributed by atoms with Crippen molar-refractivity contribution in [1.82, 2.24) is 30.2 Å². The topological polar surface area (TPSA) is 112 Å². The number of amides is 1. The summed E-state index contributed by atoms with van der Waals surface area (Å²) in [5.74, 6) is 1.69. The quantitative estimate of drug-likeness (QED) is 0.193. The van der Waals surface area contributed by atoms with Gasteiger partial charge in [-0.1, -0.05) is 19.1 Å². The first-order chi connectivity index (χ1) is 19.3. The summed E-state index contributed by atoms with van der Waals surface area (Å²) in [6.45, 7) is 10.2. The minimum absolute atomic E-state index is 0.123. The van der Waals surface area contributed by atoms with E-state index in [1.54, 1.807) is 4.90 Å². The number of furan rings is 1. The van der Waals surface area contributed by atoms with Gasteiger partial charge in [0.25, 0.3) is 0 Å². The normalized spacial score (nSPS) is 15.9. The highest BCUT2D eigenvalue weighted by atomic mass is 16.6. The molecular weight excluding hydrogens is 504 g/mol. The Morgan fingerprint density at radius 1 is 1.05 bits per heavy atom. The van der Waals surface area contributed by atoms with Crippen molar-refractivity contribution in [2.24, 2.45) is 0 Å². The first-order valence-electron chi connectivity index (χ1n) is 14.1. The summed E-state index contributed by atoms with van der Waals surface area (Å²) in [5.41, 5.74) is 4.97. The lowest BCUT2D eigenvalue weighted by atomic mass is 10.1. The number of ether oxygens (including phenoxy) is 1. The molecule has 1 saturated heterocycles. The number of nitrogens with zero attached hydrogens (tertiary/aromatic N) is 3. The summed E-state index contributed by atoms with van der Waals surface area (Å²) in [5, 5.41) is 5.50. The third-order valence-electron chi connectivity index (χ3n) is 7.23. The van der Waals surface area contributed by atoms with Crippen LogP contribution in [-0.4, -0.2) is 49.6 Å². The molecule has 9 nitrogen and oxygen atoms in total. The lowest BCUT2D eigenvalue weighted by Gasteiger charge is -2.27. The molecule has 3 aromatic heterocycles. The van der Waals surface area contributed by atoms with Gasteiger partial charge in [-0.25, -0.2) is 14.8 Å². The van der Waals surface area contributed by atoms with Crippen LogP contribution < -0.4 is 5.32 Å². The minimum atomic E-state index is -0.533. The van der Waals surface area contributed by atoms with Crippen LogP contribution in [0.2, 0.25) is 0 Å². The van der Waals surface area contributed by atoms with E-state index in [4.69, 9.17) is 9.15 Å². The Hall–Kier alpha value is -4.11. The van der Waals surface area contributed by atoms with E-state index in [-0.39, 0.29) is 12.1 Å². The summed E-state index contributed by atoms with van der Waals surface area (Å²) in [4.78, 5) is 30.5. The maximum absolute atomic E-state index is 12.8. The maximum Gasteiger partial charge on any atom is 0.410 e. The minimum Gasteiger partial charge on any atom is -0.456 e. The fourth-order valence-corrected chi connectivity index (χ4v) is 5.34. The molecule has 0 unspecified atom stereocenters. The average Bonchev–Trinajstić information content (AvgIpc) is 3.72.